The number of hydrogen-bond donors (Lipinski definition) is 0. The van der Waals surface area contributed by atoms with Gasteiger partial charge in [0, 0.05) is 38.5 Å². The van der Waals surface area contributed by atoms with Crippen molar-refractivity contribution in [2.24, 2.45) is 0 Å². The number of benzene rings is 9. The summed E-state index contributed by atoms with van der Waals surface area (Å²) in [6, 6.07) is 74.9. The van der Waals surface area contributed by atoms with E-state index in [1.165, 1.54) is 22.3 Å². The Kier molecular flexibility index (Phi) is 7.82. The number of para-hydroxylation sites is 3. The number of nitrogens with zero attached hydrogens (tertiary/aromatic N) is 1. The minimum atomic E-state index is 0.814. The van der Waals surface area contributed by atoms with Gasteiger partial charge in [-0.1, -0.05) is 170 Å². The molecule has 0 bridgehead atoms. The fourth-order valence-electron chi connectivity index (χ4n) is 8.32. The molecule has 9 aromatic carbocycles. The van der Waals surface area contributed by atoms with Gasteiger partial charge in [-0.2, -0.15) is 0 Å². The molecule has 0 aliphatic rings. The van der Waals surface area contributed by atoms with Crippen LogP contribution in [-0.4, -0.2) is 0 Å². The molecule has 0 saturated carbocycles. The summed E-state index contributed by atoms with van der Waals surface area (Å²) in [6.45, 7) is 0. The van der Waals surface area contributed by atoms with Gasteiger partial charge in [-0.15, -0.1) is 0 Å². The highest BCUT2D eigenvalue weighted by Gasteiger charge is 2.24. The zero-order chi connectivity index (χ0) is 37.7. The van der Waals surface area contributed by atoms with Gasteiger partial charge >= 0.3 is 0 Å². The third kappa shape index (κ3) is 5.68. The number of hydrogen-bond acceptors (Lipinski definition) is 3. The predicted molar refractivity (Wildman–Crippen MR) is 237 cm³/mol. The van der Waals surface area contributed by atoms with Crippen molar-refractivity contribution in [3.05, 3.63) is 212 Å². The molecule has 0 atom stereocenters. The Morgan fingerprint density at radius 1 is 0.281 bits per heavy atom. The highest BCUT2D eigenvalue weighted by Crippen LogP contribution is 2.48. The largest absolute Gasteiger partial charge is 0.455 e. The first-order chi connectivity index (χ1) is 28.3. The Labute approximate surface area is 330 Å². The highest BCUT2D eigenvalue weighted by molar-refractivity contribution is 6.20. The molecular formula is C54H35NO2. The maximum absolute atomic E-state index is 6.90. The van der Waals surface area contributed by atoms with E-state index in [0.29, 0.717) is 0 Å². The SMILES string of the molecule is c1ccc(-c2ccc(-c3ccc(N(c4ccc(-c5ccccc5)cc4)c4ccc(-c5cccc6c5oc5ccccc56)c5c4oc4ccccc45)cc3)cc2)cc1. The van der Waals surface area contributed by atoms with E-state index < -0.39 is 0 Å². The van der Waals surface area contributed by atoms with E-state index in [9.17, 15) is 0 Å². The van der Waals surface area contributed by atoms with Gasteiger partial charge in [-0.25, -0.2) is 0 Å². The lowest BCUT2D eigenvalue weighted by Gasteiger charge is -2.26. The van der Waals surface area contributed by atoms with E-state index in [2.05, 4.69) is 199 Å². The minimum absolute atomic E-state index is 0.814. The van der Waals surface area contributed by atoms with Gasteiger partial charge in [0.2, 0.25) is 0 Å². The van der Waals surface area contributed by atoms with Gasteiger partial charge in [0.1, 0.15) is 16.7 Å². The summed E-state index contributed by atoms with van der Waals surface area (Å²) >= 11 is 0. The van der Waals surface area contributed by atoms with E-state index in [1.54, 1.807) is 0 Å². The molecule has 0 N–H and O–H groups in total. The topological polar surface area (TPSA) is 29.5 Å². The lowest BCUT2D eigenvalue weighted by atomic mass is 9.96. The second-order valence-corrected chi connectivity index (χ2v) is 14.5. The van der Waals surface area contributed by atoms with Gasteiger partial charge in [0.05, 0.1) is 5.69 Å². The first-order valence-electron chi connectivity index (χ1n) is 19.3. The summed E-state index contributed by atoms with van der Waals surface area (Å²) < 4.78 is 13.5. The van der Waals surface area contributed by atoms with Crippen molar-refractivity contribution >= 4 is 60.9 Å². The summed E-state index contributed by atoms with van der Waals surface area (Å²) in [6.07, 6.45) is 0. The van der Waals surface area contributed by atoms with Crippen LogP contribution in [-0.2, 0) is 0 Å². The maximum Gasteiger partial charge on any atom is 0.160 e. The van der Waals surface area contributed by atoms with Crippen LogP contribution in [0.5, 0.6) is 0 Å². The molecule has 2 heterocycles. The van der Waals surface area contributed by atoms with Crippen molar-refractivity contribution in [3.8, 4) is 44.5 Å². The molecule has 0 unspecified atom stereocenters. The molecule has 0 radical (unpaired) electrons. The fraction of sp³-hybridized carbons (Fsp3) is 0. The molecule has 11 rings (SSSR count). The Hall–Kier alpha value is -7.62. The summed E-state index contributed by atoms with van der Waals surface area (Å²) in [4.78, 5) is 2.31. The third-order valence-electron chi connectivity index (χ3n) is 11.1. The molecule has 3 heteroatoms. The molecule has 0 fully saturated rings. The van der Waals surface area contributed by atoms with Crippen LogP contribution in [0.15, 0.2) is 221 Å². The van der Waals surface area contributed by atoms with Gasteiger partial charge in [-0.3, -0.25) is 0 Å². The smallest absolute Gasteiger partial charge is 0.160 e. The van der Waals surface area contributed by atoms with Crippen LogP contribution >= 0.6 is 0 Å². The van der Waals surface area contributed by atoms with Crippen LogP contribution in [0.25, 0.3) is 88.4 Å². The fourth-order valence-corrected chi connectivity index (χ4v) is 8.32. The first kappa shape index (κ1) is 32.8. The second kappa shape index (κ2) is 13.6. The average molecular weight is 730 g/mol. The van der Waals surface area contributed by atoms with Crippen molar-refractivity contribution in [1.82, 2.24) is 0 Å². The summed E-state index contributed by atoms with van der Waals surface area (Å²) in [5.74, 6) is 0. The Morgan fingerprint density at radius 3 is 1.30 bits per heavy atom. The van der Waals surface area contributed by atoms with Crippen molar-refractivity contribution in [3.63, 3.8) is 0 Å². The van der Waals surface area contributed by atoms with Crippen LogP contribution in [0, 0.1) is 0 Å². The molecule has 3 nitrogen and oxygen atoms in total. The van der Waals surface area contributed by atoms with E-state index in [0.717, 1.165) is 83.2 Å². The lowest BCUT2D eigenvalue weighted by Crippen LogP contribution is -2.10. The molecule has 268 valence electrons. The monoisotopic (exact) mass is 729 g/mol. The molecule has 0 saturated heterocycles. The summed E-state index contributed by atoms with van der Waals surface area (Å²) in [5.41, 5.74) is 15.6. The lowest BCUT2D eigenvalue weighted by molar-refractivity contribution is 0.669. The first-order valence-corrected chi connectivity index (χ1v) is 19.3. The van der Waals surface area contributed by atoms with Gasteiger partial charge in [-0.05, 0) is 81.4 Å². The normalized spacial score (nSPS) is 11.5. The molecule has 0 aliphatic heterocycles. The highest BCUT2D eigenvalue weighted by atomic mass is 16.3. The Balaban J connectivity index is 1.08. The Morgan fingerprint density at radius 2 is 0.719 bits per heavy atom. The molecule has 0 amide bonds. The second-order valence-electron chi connectivity index (χ2n) is 14.5. The van der Waals surface area contributed by atoms with E-state index in [-0.39, 0.29) is 0 Å². The van der Waals surface area contributed by atoms with Crippen molar-refractivity contribution in [1.29, 1.82) is 0 Å². The van der Waals surface area contributed by atoms with Gasteiger partial charge in [0.25, 0.3) is 0 Å². The third-order valence-corrected chi connectivity index (χ3v) is 11.1. The number of fused-ring (bicyclic) bond motifs is 6. The standard InChI is InChI=1S/C54H35NO2/c1-3-12-36(13-4-1)38-22-24-39(25-23-38)41-28-32-43(33-29-41)55(42-30-26-40(27-31-42)37-14-5-2-6-15-37)49-35-34-45(52-48-17-8-10-21-51(48)57-54(49)52)47-19-11-18-46-44-16-7-9-20-50(44)56-53(46)47/h1-35H. The van der Waals surface area contributed by atoms with E-state index in [1.807, 2.05) is 18.2 Å². The van der Waals surface area contributed by atoms with Crippen LogP contribution < -0.4 is 4.90 Å². The van der Waals surface area contributed by atoms with E-state index >= 15 is 0 Å². The zero-order valence-electron chi connectivity index (χ0n) is 31.0. The maximum atomic E-state index is 6.90. The van der Waals surface area contributed by atoms with Crippen LogP contribution in [0.4, 0.5) is 17.1 Å². The van der Waals surface area contributed by atoms with Crippen LogP contribution in [0.2, 0.25) is 0 Å². The Bertz CT molecular complexity index is 3200. The molecule has 2 aromatic heterocycles. The molecular weight excluding hydrogens is 695 g/mol. The van der Waals surface area contributed by atoms with Crippen molar-refractivity contribution < 1.29 is 8.83 Å². The molecule has 57 heavy (non-hydrogen) atoms. The molecule has 11 aromatic rings. The number of anilines is 3. The van der Waals surface area contributed by atoms with Crippen LogP contribution in [0.3, 0.4) is 0 Å². The summed E-state index contributed by atoms with van der Waals surface area (Å²) in [7, 11) is 0. The average Bonchev–Trinajstić information content (AvgIpc) is 3.87. The van der Waals surface area contributed by atoms with Gasteiger partial charge < -0.3 is 13.7 Å². The zero-order valence-corrected chi connectivity index (χ0v) is 31.0. The van der Waals surface area contributed by atoms with Gasteiger partial charge in [0.15, 0.2) is 5.58 Å². The van der Waals surface area contributed by atoms with Crippen molar-refractivity contribution in [2.75, 3.05) is 4.90 Å². The minimum Gasteiger partial charge on any atom is -0.455 e. The van der Waals surface area contributed by atoms with Crippen molar-refractivity contribution in [2.45, 2.75) is 0 Å². The quantitative estimate of drug-likeness (QED) is 0.164. The predicted octanol–water partition coefficient (Wildman–Crippen LogP) is 15.6. The molecule has 0 aliphatic carbocycles. The summed E-state index contributed by atoms with van der Waals surface area (Å²) in [5, 5.41) is 4.33. The van der Waals surface area contributed by atoms with E-state index in [4.69, 9.17) is 8.83 Å². The van der Waals surface area contributed by atoms with Crippen LogP contribution in [0.1, 0.15) is 0 Å². The molecule has 0 spiro atoms. The number of rotatable bonds is 7. The number of furan rings is 2.